The van der Waals surface area contributed by atoms with E-state index < -0.39 is 12.0 Å². The molecule has 146 valence electrons. The van der Waals surface area contributed by atoms with Gasteiger partial charge in [0.2, 0.25) is 5.91 Å². The first-order valence-corrected chi connectivity index (χ1v) is 8.44. The molecule has 0 aliphatic carbocycles. The first kappa shape index (κ1) is 22.1. The van der Waals surface area contributed by atoms with Crippen molar-refractivity contribution >= 4 is 24.3 Å². The van der Waals surface area contributed by atoms with E-state index in [1.165, 1.54) is 0 Å². The number of rotatable bonds is 7. The normalized spacial score (nSPS) is 18.3. The van der Waals surface area contributed by atoms with Crippen molar-refractivity contribution < 1.29 is 24.2 Å². The highest BCUT2D eigenvalue weighted by Crippen LogP contribution is 2.29. The second kappa shape index (κ2) is 10.2. The molecule has 1 aliphatic rings. The number of methoxy groups -OCH3 is 2. The predicted molar refractivity (Wildman–Crippen MR) is 100 cm³/mol. The summed E-state index contributed by atoms with van der Waals surface area (Å²) in [6, 6.07) is 4.54. The Kier molecular flexibility index (Phi) is 8.68. The number of carbonyl (C=O) groups is 2. The smallest absolute Gasteiger partial charge is 0.320 e. The molecule has 26 heavy (non-hydrogen) atoms. The summed E-state index contributed by atoms with van der Waals surface area (Å²) in [4.78, 5) is 25.5. The van der Waals surface area contributed by atoms with Crippen molar-refractivity contribution in [1.82, 2.24) is 10.2 Å². The van der Waals surface area contributed by atoms with Gasteiger partial charge in [-0.25, -0.2) is 0 Å². The minimum atomic E-state index is -0.866. The Labute approximate surface area is 160 Å². The van der Waals surface area contributed by atoms with Gasteiger partial charge >= 0.3 is 5.97 Å². The number of nitrogens with one attached hydrogen (secondary N) is 1. The summed E-state index contributed by atoms with van der Waals surface area (Å²) < 4.78 is 10.6. The highest BCUT2D eigenvalue weighted by Gasteiger charge is 2.30. The number of amides is 1. The fourth-order valence-electron chi connectivity index (χ4n) is 3.19. The predicted octanol–water partition coefficient (Wildman–Crippen LogP) is 2.24. The van der Waals surface area contributed by atoms with Crippen molar-refractivity contribution in [2.24, 2.45) is 0 Å². The van der Waals surface area contributed by atoms with Gasteiger partial charge in [-0.05, 0) is 44.5 Å². The van der Waals surface area contributed by atoms with Gasteiger partial charge in [-0.1, -0.05) is 6.42 Å². The van der Waals surface area contributed by atoms with Crippen molar-refractivity contribution in [3.05, 3.63) is 23.8 Å². The highest BCUT2D eigenvalue weighted by molar-refractivity contribution is 5.85. The Morgan fingerprint density at radius 2 is 2.04 bits per heavy atom. The zero-order valence-corrected chi connectivity index (χ0v) is 16.2. The minimum absolute atomic E-state index is 0. The van der Waals surface area contributed by atoms with E-state index in [0.29, 0.717) is 24.5 Å². The van der Waals surface area contributed by atoms with Crippen molar-refractivity contribution in [2.45, 2.75) is 38.3 Å². The van der Waals surface area contributed by atoms with Crippen LogP contribution >= 0.6 is 12.4 Å². The van der Waals surface area contributed by atoms with Crippen molar-refractivity contribution in [3.63, 3.8) is 0 Å². The molecule has 1 aromatic rings. The average molecular weight is 387 g/mol. The third-order valence-corrected chi connectivity index (χ3v) is 4.53. The maximum atomic E-state index is 12.4. The molecule has 1 saturated heterocycles. The molecular weight excluding hydrogens is 360 g/mol. The van der Waals surface area contributed by atoms with Gasteiger partial charge in [0.05, 0.1) is 26.8 Å². The lowest BCUT2D eigenvalue weighted by Crippen LogP contribution is -2.49. The molecule has 8 heteroatoms. The molecule has 2 rings (SSSR count). The van der Waals surface area contributed by atoms with Crippen LogP contribution in [0.4, 0.5) is 0 Å². The van der Waals surface area contributed by atoms with Gasteiger partial charge in [0.1, 0.15) is 17.5 Å². The number of nitrogens with zero attached hydrogens (tertiary/aromatic N) is 1. The molecular formula is C18H27ClN2O5. The molecule has 1 amide bonds. The number of carboxylic acid groups (broad SMARTS) is 1. The Bertz CT molecular complexity index is 626. The molecule has 1 fully saturated rings. The lowest BCUT2D eigenvalue weighted by molar-refractivity contribution is -0.145. The van der Waals surface area contributed by atoms with Crippen LogP contribution in [0, 0.1) is 0 Å². The minimum Gasteiger partial charge on any atom is -0.497 e. The summed E-state index contributed by atoms with van der Waals surface area (Å²) in [5, 5.41) is 12.2. The standard InChI is InChI=1S/C18H26N2O5.ClH/c1-12(14-10-13(24-2)7-8-16(14)25-3)19-17(21)11-20-9-5-4-6-15(20)18(22)23;/h7-8,10,12,15H,4-6,9,11H2,1-3H3,(H,19,21)(H,22,23);1H. The lowest BCUT2D eigenvalue weighted by atomic mass is 10.0. The number of aliphatic carboxylic acids is 1. The van der Waals surface area contributed by atoms with Gasteiger partial charge in [0.25, 0.3) is 0 Å². The SMILES string of the molecule is COc1ccc(OC)c(C(C)NC(=O)CN2CCCCC2C(=O)O)c1.Cl. The zero-order valence-electron chi connectivity index (χ0n) is 15.4. The quantitative estimate of drug-likeness (QED) is 0.747. The van der Waals surface area contributed by atoms with Crippen LogP contribution in [0.5, 0.6) is 11.5 Å². The molecule has 0 radical (unpaired) electrons. The number of hydrogen-bond donors (Lipinski definition) is 2. The van der Waals surface area contributed by atoms with Gasteiger partial charge in [0.15, 0.2) is 0 Å². The first-order chi connectivity index (χ1) is 12.0. The van der Waals surface area contributed by atoms with E-state index in [1.54, 1.807) is 31.3 Å². The zero-order chi connectivity index (χ0) is 18.4. The second-order valence-corrected chi connectivity index (χ2v) is 6.22. The van der Waals surface area contributed by atoms with Crippen molar-refractivity contribution in [2.75, 3.05) is 27.3 Å². The average Bonchev–Trinajstić information content (AvgIpc) is 2.61. The van der Waals surface area contributed by atoms with Gasteiger partial charge in [-0.3, -0.25) is 14.5 Å². The number of ether oxygens (including phenoxy) is 2. The Hall–Kier alpha value is -1.99. The third kappa shape index (κ3) is 5.51. The summed E-state index contributed by atoms with van der Waals surface area (Å²) in [6.45, 7) is 2.56. The molecule has 2 unspecified atom stereocenters. The summed E-state index contributed by atoms with van der Waals surface area (Å²) in [7, 11) is 3.16. The Balaban J connectivity index is 0.00000338. The maximum absolute atomic E-state index is 12.4. The number of piperidine rings is 1. The monoisotopic (exact) mass is 386 g/mol. The number of halogens is 1. The van der Waals surface area contributed by atoms with Crippen LogP contribution in [-0.4, -0.2) is 55.2 Å². The highest BCUT2D eigenvalue weighted by atomic mass is 35.5. The number of carboxylic acids is 1. The summed E-state index contributed by atoms with van der Waals surface area (Å²) in [5.41, 5.74) is 0.809. The van der Waals surface area contributed by atoms with E-state index in [0.717, 1.165) is 18.4 Å². The van der Waals surface area contributed by atoms with Gasteiger partial charge in [-0.15, -0.1) is 12.4 Å². The van der Waals surface area contributed by atoms with Crippen LogP contribution in [0.3, 0.4) is 0 Å². The van der Waals surface area contributed by atoms with E-state index in [2.05, 4.69) is 5.32 Å². The van der Waals surface area contributed by atoms with E-state index >= 15 is 0 Å². The number of hydrogen-bond acceptors (Lipinski definition) is 5. The van der Waals surface area contributed by atoms with Crippen LogP contribution in [0.1, 0.15) is 37.8 Å². The van der Waals surface area contributed by atoms with Crippen LogP contribution in [0.25, 0.3) is 0 Å². The van der Waals surface area contributed by atoms with E-state index in [1.807, 2.05) is 13.0 Å². The number of benzene rings is 1. The topological polar surface area (TPSA) is 88.1 Å². The molecule has 0 saturated carbocycles. The summed E-state index contributed by atoms with van der Waals surface area (Å²) >= 11 is 0. The van der Waals surface area contributed by atoms with Crippen molar-refractivity contribution in [1.29, 1.82) is 0 Å². The Morgan fingerprint density at radius 3 is 2.65 bits per heavy atom. The second-order valence-electron chi connectivity index (χ2n) is 6.22. The van der Waals surface area contributed by atoms with Gasteiger partial charge in [-0.2, -0.15) is 0 Å². The van der Waals surface area contributed by atoms with Gasteiger partial charge < -0.3 is 19.9 Å². The summed E-state index contributed by atoms with van der Waals surface area (Å²) in [5.74, 6) is 0.273. The molecule has 2 atom stereocenters. The molecule has 7 nitrogen and oxygen atoms in total. The molecule has 1 heterocycles. The molecule has 0 aromatic heterocycles. The van der Waals surface area contributed by atoms with Crippen LogP contribution < -0.4 is 14.8 Å². The van der Waals surface area contributed by atoms with E-state index in [4.69, 9.17) is 9.47 Å². The molecule has 1 aromatic carbocycles. The molecule has 0 spiro atoms. The third-order valence-electron chi connectivity index (χ3n) is 4.53. The van der Waals surface area contributed by atoms with Gasteiger partial charge in [0, 0.05) is 5.56 Å². The molecule has 2 N–H and O–H groups in total. The molecule has 0 bridgehead atoms. The fourth-order valence-corrected chi connectivity index (χ4v) is 3.19. The number of carbonyl (C=O) groups excluding carboxylic acids is 1. The Morgan fingerprint density at radius 1 is 1.31 bits per heavy atom. The van der Waals surface area contributed by atoms with Crippen LogP contribution in [0.15, 0.2) is 18.2 Å². The van der Waals surface area contributed by atoms with E-state index in [9.17, 15) is 14.7 Å². The summed E-state index contributed by atoms with van der Waals surface area (Å²) in [6.07, 6.45) is 2.38. The van der Waals surface area contributed by atoms with E-state index in [-0.39, 0.29) is 30.9 Å². The van der Waals surface area contributed by atoms with Crippen LogP contribution in [-0.2, 0) is 9.59 Å². The maximum Gasteiger partial charge on any atom is 0.320 e. The largest absolute Gasteiger partial charge is 0.497 e. The van der Waals surface area contributed by atoms with Crippen LogP contribution in [0.2, 0.25) is 0 Å². The molecule has 1 aliphatic heterocycles. The first-order valence-electron chi connectivity index (χ1n) is 8.44. The van der Waals surface area contributed by atoms with Crippen molar-refractivity contribution in [3.8, 4) is 11.5 Å². The lowest BCUT2D eigenvalue weighted by Gasteiger charge is -2.32. The fraction of sp³-hybridized carbons (Fsp3) is 0.556. The number of likely N-dealkylation sites (tertiary alicyclic amines) is 1.